The third-order valence-corrected chi connectivity index (χ3v) is 5.25. The zero-order valence-electron chi connectivity index (χ0n) is 15.4. The van der Waals surface area contributed by atoms with E-state index in [1.165, 1.54) is 45.5 Å². The molecule has 1 aliphatic carbocycles. The average Bonchev–Trinajstić information content (AvgIpc) is 3.04. The summed E-state index contributed by atoms with van der Waals surface area (Å²) in [5.41, 5.74) is 8.35. The first-order chi connectivity index (χ1) is 13.1. The lowest BCUT2D eigenvalue weighted by atomic mass is 9.91. The highest BCUT2D eigenvalue weighted by Crippen LogP contribution is 2.34. The van der Waals surface area contributed by atoms with E-state index >= 15 is 0 Å². The van der Waals surface area contributed by atoms with E-state index < -0.39 is 11.6 Å². The molecule has 0 nitrogen and oxygen atoms in total. The van der Waals surface area contributed by atoms with Crippen LogP contribution >= 0.6 is 0 Å². The van der Waals surface area contributed by atoms with Gasteiger partial charge in [0.05, 0.1) is 0 Å². The molecule has 0 N–H and O–H groups in total. The van der Waals surface area contributed by atoms with Gasteiger partial charge in [-0.3, -0.25) is 0 Å². The van der Waals surface area contributed by atoms with Gasteiger partial charge >= 0.3 is 0 Å². The SMILES string of the molecule is Cc1ccc(CCc2cccc3c2C(Cc2cc(F)cc(F)c2)=CC3)cc1. The maximum Gasteiger partial charge on any atom is 0.126 e. The molecule has 0 bridgehead atoms. The molecule has 1 aliphatic rings. The van der Waals surface area contributed by atoms with Gasteiger partial charge in [-0.05, 0) is 78.1 Å². The van der Waals surface area contributed by atoms with Gasteiger partial charge in [0, 0.05) is 6.07 Å². The first kappa shape index (κ1) is 17.7. The van der Waals surface area contributed by atoms with E-state index in [1.54, 1.807) is 0 Å². The van der Waals surface area contributed by atoms with Crippen LogP contribution in [0.3, 0.4) is 0 Å². The van der Waals surface area contributed by atoms with Gasteiger partial charge in [0.25, 0.3) is 0 Å². The number of halogens is 2. The summed E-state index contributed by atoms with van der Waals surface area (Å²) >= 11 is 0. The molecule has 136 valence electrons. The molecule has 27 heavy (non-hydrogen) atoms. The van der Waals surface area contributed by atoms with Gasteiger partial charge in [-0.2, -0.15) is 0 Å². The highest BCUT2D eigenvalue weighted by molar-refractivity contribution is 5.77. The fourth-order valence-electron chi connectivity index (χ4n) is 3.91. The number of fused-ring (bicyclic) bond motifs is 1. The zero-order chi connectivity index (χ0) is 18.8. The van der Waals surface area contributed by atoms with Crippen molar-refractivity contribution in [3.8, 4) is 0 Å². The molecule has 0 aliphatic heterocycles. The summed E-state index contributed by atoms with van der Waals surface area (Å²) in [6.07, 6.45) is 5.59. The number of hydrogen-bond donors (Lipinski definition) is 0. The van der Waals surface area contributed by atoms with E-state index in [4.69, 9.17) is 0 Å². The van der Waals surface area contributed by atoms with Crippen molar-refractivity contribution in [1.82, 2.24) is 0 Å². The molecular formula is C25H22F2. The molecular weight excluding hydrogens is 338 g/mol. The third kappa shape index (κ3) is 4.00. The Morgan fingerprint density at radius 1 is 0.815 bits per heavy atom. The molecule has 2 heteroatoms. The Balaban J connectivity index is 1.57. The summed E-state index contributed by atoms with van der Waals surface area (Å²) in [5.74, 6) is -1.03. The van der Waals surface area contributed by atoms with Gasteiger partial charge in [0.15, 0.2) is 0 Å². The number of rotatable bonds is 5. The lowest BCUT2D eigenvalue weighted by molar-refractivity contribution is 0.581. The molecule has 0 fully saturated rings. The zero-order valence-corrected chi connectivity index (χ0v) is 15.4. The molecule has 0 spiro atoms. The van der Waals surface area contributed by atoms with Gasteiger partial charge in [-0.15, -0.1) is 0 Å². The molecule has 0 heterocycles. The van der Waals surface area contributed by atoms with E-state index in [0.29, 0.717) is 12.0 Å². The second kappa shape index (κ2) is 7.48. The number of benzene rings is 3. The summed E-state index contributed by atoms with van der Waals surface area (Å²) in [6, 6.07) is 18.9. The maximum atomic E-state index is 13.6. The second-order valence-corrected chi connectivity index (χ2v) is 7.32. The minimum atomic E-state index is -0.517. The van der Waals surface area contributed by atoms with Crippen molar-refractivity contribution in [2.75, 3.05) is 0 Å². The van der Waals surface area contributed by atoms with E-state index in [2.05, 4.69) is 55.5 Å². The number of allylic oxidation sites excluding steroid dienone is 2. The molecule has 0 saturated carbocycles. The molecule has 3 aromatic rings. The summed E-state index contributed by atoms with van der Waals surface area (Å²) in [5, 5.41) is 0. The lowest BCUT2D eigenvalue weighted by Crippen LogP contribution is -2.00. The maximum absolute atomic E-state index is 13.6. The van der Waals surface area contributed by atoms with Gasteiger partial charge < -0.3 is 0 Å². The Bertz CT molecular complexity index is 977. The van der Waals surface area contributed by atoms with Crippen molar-refractivity contribution < 1.29 is 8.78 Å². The first-order valence-corrected chi connectivity index (χ1v) is 9.39. The highest BCUT2D eigenvalue weighted by atomic mass is 19.1. The standard InChI is InChI=1S/C25H22F2/c1-17-5-7-18(8-6-17)9-10-20-3-2-4-21-11-12-22(25(20)21)13-19-14-23(26)16-24(27)15-19/h2-8,12,14-16H,9-11,13H2,1H3. The van der Waals surface area contributed by atoms with Gasteiger partial charge in [0.1, 0.15) is 11.6 Å². The Morgan fingerprint density at radius 2 is 1.56 bits per heavy atom. The minimum Gasteiger partial charge on any atom is -0.207 e. The van der Waals surface area contributed by atoms with E-state index in [0.717, 1.165) is 25.3 Å². The van der Waals surface area contributed by atoms with Crippen LogP contribution in [0.1, 0.15) is 33.4 Å². The molecule has 0 amide bonds. The summed E-state index contributed by atoms with van der Waals surface area (Å²) in [6.45, 7) is 2.10. The Hall–Kier alpha value is -2.74. The van der Waals surface area contributed by atoms with Crippen molar-refractivity contribution in [3.05, 3.63) is 112 Å². The molecule has 0 radical (unpaired) electrons. The van der Waals surface area contributed by atoms with Crippen molar-refractivity contribution in [2.45, 2.75) is 32.6 Å². The van der Waals surface area contributed by atoms with Crippen LogP contribution in [0.5, 0.6) is 0 Å². The Morgan fingerprint density at radius 3 is 2.30 bits per heavy atom. The predicted octanol–water partition coefficient (Wildman–Crippen LogP) is 6.24. The number of hydrogen-bond acceptors (Lipinski definition) is 0. The van der Waals surface area contributed by atoms with E-state index in [9.17, 15) is 8.78 Å². The fraction of sp³-hybridized carbons (Fsp3) is 0.200. The van der Waals surface area contributed by atoms with E-state index in [1.807, 2.05) is 0 Å². The van der Waals surface area contributed by atoms with Crippen molar-refractivity contribution >= 4 is 5.57 Å². The number of aryl methyl sites for hydroxylation is 3. The monoisotopic (exact) mass is 360 g/mol. The largest absolute Gasteiger partial charge is 0.207 e. The molecule has 0 unspecified atom stereocenters. The van der Waals surface area contributed by atoms with Crippen molar-refractivity contribution in [1.29, 1.82) is 0 Å². The second-order valence-electron chi connectivity index (χ2n) is 7.32. The summed E-state index contributed by atoms with van der Waals surface area (Å²) in [4.78, 5) is 0. The fourth-order valence-corrected chi connectivity index (χ4v) is 3.91. The van der Waals surface area contributed by atoms with Gasteiger partial charge in [0.2, 0.25) is 0 Å². The molecule has 0 saturated heterocycles. The Kier molecular flexibility index (Phi) is 4.89. The van der Waals surface area contributed by atoms with Gasteiger partial charge in [-0.1, -0.05) is 54.1 Å². The molecule has 0 atom stereocenters. The van der Waals surface area contributed by atoms with Crippen LogP contribution in [0, 0.1) is 18.6 Å². The lowest BCUT2D eigenvalue weighted by Gasteiger charge is -2.13. The topological polar surface area (TPSA) is 0 Å². The third-order valence-electron chi connectivity index (χ3n) is 5.25. The minimum absolute atomic E-state index is 0.517. The van der Waals surface area contributed by atoms with Crippen LogP contribution < -0.4 is 0 Å². The van der Waals surface area contributed by atoms with Crippen LogP contribution in [0.15, 0.2) is 66.7 Å². The summed E-state index contributed by atoms with van der Waals surface area (Å²) < 4.78 is 27.1. The molecule has 0 aromatic heterocycles. The van der Waals surface area contributed by atoms with Crippen molar-refractivity contribution in [2.24, 2.45) is 0 Å². The van der Waals surface area contributed by atoms with Crippen LogP contribution in [0.4, 0.5) is 8.78 Å². The smallest absolute Gasteiger partial charge is 0.126 e. The first-order valence-electron chi connectivity index (χ1n) is 9.39. The summed E-state index contributed by atoms with van der Waals surface area (Å²) in [7, 11) is 0. The Labute approximate surface area is 159 Å². The highest BCUT2D eigenvalue weighted by Gasteiger charge is 2.18. The van der Waals surface area contributed by atoms with Gasteiger partial charge in [-0.25, -0.2) is 8.78 Å². The van der Waals surface area contributed by atoms with Crippen LogP contribution in [-0.2, 0) is 25.7 Å². The molecule has 3 aromatic carbocycles. The van der Waals surface area contributed by atoms with Crippen LogP contribution in [-0.4, -0.2) is 0 Å². The van der Waals surface area contributed by atoms with Crippen molar-refractivity contribution in [3.63, 3.8) is 0 Å². The predicted molar refractivity (Wildman–Crippen MR) is 107 cm³/mol. The quantitative estimate of drug-likeness (QED) is 0.505. The normalized spacial score (nSPS) is 12.8. The van der Waals surface area contributed by atoms with Crippen LogP contribution in [0.25, 0.3) is 5.57 Å². The van der Waals surface area contributed by atoms with E-state index in [-0.39, 0.29) is 0 Å². The molecule has 4 rings (SSSR count). The van der Waals surface area contributed by atoms with Crippen LogP contribution in [0.2, 0.25) is 0 Å². The average molecular weight is 360 g/mol.